The predicted molar refractivity (Wildman–Crippen MR) is 105 cm³/mol. The van der Waals surface area contributed by atoms with Gasteiger partial charge >= 0.3 is 6.18 Å². The Hall–Kier alpha value is -3.17. The number of aromatic nitrogens is 4. The number of carbonyl (C=O) groups is 1. The molecule has 0 saturated carbocycles. The van der Waals surface area contributed by atoms with E-state index in [9.17, 15) is 18.0 Å². The highest BCUT2D eigenvalue weighted by Gasteiger charge is 2.35. The van der Waals surface area contributed by atoms with Gasteiger partial charge in [-0.25, -0.2) is 15.0 Å². The Bertz CT molecular complexity index is 1000. The summed E-state index contributed by atoms with van der Waals surface area (Å²) in [6.45, 7) is 1.84. The van der Waals surface area contributed by atoms with Crippen molar-refractivity contribution < 1.29 is 22.2 Å². The van der Waals surface area contributed by atoms with E-state index in [-0.39, 0.29) is 10.7 Å². The van der Waals surface area contributed by atoms with E-state index in [2.05, 4.69) is 25.3 Å². The molecule has 3 N–H and O–H groups in total. The lowest BCUT2D eigenvalue weighted by Crippen LogP contribution is -2.52. The van der Waals surface area contributed by atoms with Gasteiger partial charge in [0.2, 0.25) is 5.91 Å². The van der Waals surface area contributed by atoms with Crippen LogP contribution in [0.3, 0.4) is 0 Å². The number of hydrogen-bond acceptors (Lipinski definition) is 5. The van der Waals surface area contributed by atoms with Gasteiger partial charge in [-0.3, -0.25) is 4.79 Å². The van der Waals surface area contributed by atoms with Crippen LogP contribution in [0.25, 0.3) is 22.4 Å². The molecule has 0 fully saturated rings. The minimum absolute atomic E-state index is 0. The van der Waals surface area contributed by atoms with Crippen molar-refractivity contribution in [2.24, 2.45) is 0 Å². The van der Waals surface area contributed by atoms with Crippen LogP contribution >= 0.6 is 0 Å². The number of H-pyrrole nitrogens is 1. The summed E-state index contributed by atoms with van der Waals surface area (Å²) in [6, 6.07) is 5.22. The molecule has 3 aromatic heterocycles. The lowest BCUT2D eigenvalue weighted by Gasteiger charge is -2.29. The van der Waals surface area contributed by atoms with Gasteiger partial charge < -0.3 is 15.6 Å². The van der Waals surface area contributed by atoms with Crippen molar-refractivity contribution in [3.05, 3.63) is 36.8 Å². The third-order valence-electron chi connectivity index (χ3n) is 4.41. The van der Waals surface area contributed by atoms with Crippen LogP contribution in [0.4, 0.5) is 19.0 Å². The topological polar surface area (TPSA) is 95.6 Å². The van der Waals surface area contributed by atoms with Crippen molar-refractivity contribution in [1.82, 2.24) is 25.3 Å². The quantitative estimate of drug-likeness (QED) is 0.583. The van der Waals surface area contributed by atoms with Gasteiger partial charge in [0.1, 0.15) is 23.5 Å². The molecule has 7 nitrogen and oxygen atoms in total. The van der Waals surface area contributed by atoms with E-state index in [1.165, 1.54) is 13.1 Å². The Kier molecular flexibility index (Phi) is 5.21. The van der Waals surface area contributed by atoms with Crippen LogP contribution in [-0.2, 0) is 4.79 Å². The van der Waals surface area contributed by atoms with Gasteiger partial charge in [-0.1, -0.05) is 6.92 Å². The number of aromatic amines is 1. The van der Waals surface area contributed by atoms with Crippen molar-refractivity contribution >= 4 is 22.8 Å². The van der Waals surface area contributed by atoms with Crippen molar-refractivity contribution in [3.8, 4) is 11.4 Å². The molecule has 10 heteroatoms. The second kappa shape index (κ2) is 7.45. The molecule has 0 spiro atoms. The summed E-state index contributed by atoms with van der Waals surface area (Å²) in [6.07, 6.45) is 0.686. The van der Waals surface area contributed by atoms with E-state index >= 15 is 0 Å². The first kappa shape index (κ1) is 19.6. The number of nitrogens with zero attached hydrogens (tertiary/aromatic N) is 3. The first-order valence-electron chi connectivity index (χ1n) is 8.60. The number of fused-ring (bicyclic) bond motifs is 1. The number of halogens is 3. The van der Waals surface area contributed by atoms with Crippen LogP contribution in [0.1, 0.15) is 24.5 Å². The maximum Gasteiger partial charge on any atom is 0.405 e. The molecular formula is C18H25F3N6O. The summed E-state index contributed by atoms with van der Waals surface area (Å²) in [4.78, 5) is 28.2. The first-order valence-corrected chi connectivity index (χ1v) is 8.60. The zero-order chi connectivity index (χ0) is 20.4. The zero-order valence-corrected chi connectivity index (χ0v) is 15.3. The second-order valence-corrected chi connectivity index (χ2v) is 6.48. The fraction of sp³-hybridized carbons (Fsp3) is 0.333. The van der Waals surface area contributed by atoms with Gasteiger partial charge in [0, 0.05) is 33.8 Å². The Morgan fingerprint density at radius 3 is 2.75 bits per heavy atom. The molecule has 0 saturated heterocycles. The number of carbonyl (C=O) groups excluding carboxylic acids is 1. The van der Waals surface area contributed by atoms with Gasteiger partial charge in [0.05, 0.1) is 0 Å². The smallest absolute Gasteiger partial charge is 0.356 e. The van der Waals surface area contributed by atoms with Crippen LogP contribution in [0.5, 0.6) is 0 Å². The number of pyridine rings is 1. The van der Waals surface area contributed by atoms with Gasteiger partial charge in [-0.05, 0) is 31.5 Å². The number of alkyl halides is 3. The van der Waals surface area contributed by atoms with E-state index in [0.717, 1.165) is 10.9 Å². The molecule has 154 valence electrons. The highest BCUT2D eigenvalue weighted by atomic mass is 19.4. The second-order valence-electron chi connectivity index (χ2n) is 6.48. The van der Waals surface area contributed by atoms with Gasteiger partial charge in [-0.15, -0.1) is 0 Å². The van der Waals surface area contributed by atoms with Gasteiger partial charge in [-0.2, -0.15) is 13.2 Å². The third-order valence-corrected chi connectivity index (χ3v) is 4.41. The molecule has 3 rings (SSSR count). The third kappa shape index (κ3) is 4.21. The average molecular weight is 398 g/mol. The Labute approximate surface area is 163 Å². The Morgan fingerprint density at radius 1 is 1.25 bits per heavy atom. The molecule has 0 radical (unpaired) electrons. The van der Waals surface area contributed by atoms with Crippen LogP contribution in [0.2, 0.25) is 0 Å². The molecule has 1 atom stereocenters. The zero-order valence-electron chi connectivity index (χ0n) is 15.3. The van der Waals surface area contributed by atoms with E-state index in [4.69, 9.17) is 0 Å². The molecule has 0 aliphatic heterocycles. The minimum Gasteiger partial charge on any atom is -0.356 e. The number of hydrogen-bond donors (Lipinski definition) is 3. The first-order chi connectivity index (χ1) is 13.2. The van der Waals surface area contributed by atoms with Crippen molar-refractivity contribution in [1.29, 1.82) is 0 Å². The van der Waals surface area contributed by atoms with Crippen LogP contribution in [-0.4, -0.2) is 44.1 Å². The maximum absolute atomic E-state index is 12.4. The van der Waals surface area contributed by atoms with E-state index < -0.39 is 24.2 Å². The van der Waals surface area contributed by atoms with Crippen molar-refractivity contribution in [2.45, 2.75) is 32.0 Å². The summed E-state index contributed by atoms with van der Waals surface area (Å²) in [5.74, 6) is -0.0306. The lowest BCUT2D eigenvalue weighted by molar-refractivity contribution is -0.140. The molecule has 0 aliphatic rings. The fourth-order valence-electron chi connectivity index (χ4n) is 2.66. The van der Waals surface area contributed by atoms with E-state index in [1.54, 1.807) is 31.5 Å². The van der Waals surface area contributed by atoms with Gasteiger partial charge in [0.15, 0.2) is 5.82 Å². The van der Waals surface area contributed by atoms with E-state index in [0.29, 0.717) is 17.3 Å². The molecule has 0 aromatic carbocycles. The minimum atomic E-state index is -4.48. The average Bonchev–Trinajstić information content (AvgIpc) is 3.09. The maximum atomic E-state index is 12.4. The molecule has 0 bridgehead atoms. The Balaban J connectivity index is 0.00000300. The highest BCUT2D eigenvalue weighted by Crippen LogP contribution is 2.26. The molecule has 0 unspecified atom stereocenters. The molecule has 28 heavy (non-hydrogen) atoms. The number of nitrogens with one attached hydrogen (secondary N) is 3. The van der Waals surface area contributed by atoms with Crippen LogP contribution in [0.15, 0.2) is 36.8 Å². The number of amides is 1. The summed E-state index contributed by atoms with van der Waals surface area (Å²) < 4.78 is 37.2. The van der Waals surface area contributed by atoms with Gasteiger partial charge in [0.25, 0.3) is 0 Å². The van der Waals surface area contributed by atoms with E-state index in [1.807, 2.05) is 11.4 Å². The summed E-state index contributed by atoms with van der Waals surface area (Å²) in [5.41, 5.74) is 0.148. The SMILES string of the molecule is CC[C@@](C)(Nc1ccnc(-c2c[nH]c3ncccc23)n1)C(=O)NCC(F)(F)F.[HH].[HH].[HH]. The molecule has 3 heterocycles. The van der Waals surface area contributed by atoms with Crippen molar-refractivity contribution in [3.63, 3.8) is 0 Å². The molecule has 0 aliphatic carbocycles. The standard InChI is InChI=1S/C18H19F3N6O.3H2/c1-3-17(2,16(28)25-10-18(19,20)21)27-13-6-8-23-15(26-13)12-9-24-14-11(12)5-4-7-22-14;;;/h4-9H,3,10H2,1-2H3,(H,22,24)(H,25,28)(H,23,26,27);3*1H/t17-;;;/m1.../s1. The molecular weight excluding hydrogens is 373 g/mol. The molecule has 1 amide bonds. The summed E-state index contributed by atoms with van der Waals surface area (Å²) in [5, 5.41) is 5.69. The summed E-state index contributed by atoms with van der Waals surface area (Å²) >= 11 is 0. The molecule has 3 aromatic rings. The predicted octanol–water partition coefficient (Wildman–Crippen LogP) is 4.02. The fourth-order valence-corrected chi connectivity index (χ4v) is 2.66. The van der Waals surface area contributed by atoms with Crippen molar-refractivity contribution in [2.75, 3.05) is 11.9 Å². The monoisotopic (exact) mass is 398 g/mol. The number of rotatable bonds is 6. The normalized spacial score (nSPS) is 13.9. The Morgan fingerprint density at radius 2 is 2.04 bits per heavy atom. The van der Waals surface area contributed by atoms with Crippen LogP contribution < -0.4 is 10.6 Å². The van der Waals surface area contributed by atoms with Crippen LogP contribution in [0, 0.1) is 0 Å². The lowest BCUT2D eigenvalue weighted by atomic mass is 9.97. The highest BCUT2D eigenvalue weighted by molar-refractivity contribution is 5.92. The number of anilines is 1. The summed E-state index contributed by atoms with van der Waals surface area (Å²) in [7, 11) is 0. The largest absolute Gasteiger partial charge is 0.405 e.